The molecule has 0 fully saturated rings. The quantitative estimate of drug-likeness (QED) is 0.502. The zero-order chi connectivity index (χ0) is 20.3. The monoisotopic (exact) mass is 384 g/mol. The molecule has 28 heavy (non-hydrogen) atoms. The number of nitrogens with one attached hydrogen (secondary N) is 1. The Morgan fingerprint density at radius 3 is 2.54 bits per heavy atom. The van der Waals surface area contributed by atoms with E-state index in [0.29, 0.717) is 6.42 Å². The zero-order valence-corrected chi connectivity index (χ0v) is 15.1. The maximum atomic E-state index is 11.7. The summed E-state index contributed by atoms with van der Waals surface area (Å²) in [5.74, 6) is -0.555. The van der Waals surface area contributed by atoms with E-state index in [1.807, 2.05) is 0 Å². The minimum atomic E-state index is -0.465. The largest absolute Gasteiger partial charge is 0.476 e. The number of carbonyl (C=O) groups is 2. The highest BCUT2D eigenvalue weighted by Gasteiger charge is 2.17. The highest BCUT2D eigenvalue weighted by atomic mass is 16.6. The van der Waals surface area contributed by atoms with Crippen molar-refractivity contribution in [1.29, 1.82) is 0 Å². The second-order valence-corrected chi connectivity index (χ2v) is 5.86. The standard InChI is InChI=1S/C17H16N6O5/c1-10(24)19-17-20-15-14(18-9-22(15)11(2)25)16(21-17)28-8-7-12-3-5-13(6-4-12)23(26)27/h3-6,9H,7-8H2,1-2H3,(H,19,20,21,24). The van der Waals surface area contributed by atoms with E-state index in [1.54, 1.807) is 12.1 Å². The molecule has 2 heterocycles. The van der Waals surface area contributed by atoms with Crippen LogP contribution in [-0.4, -0.2) is 42.9 Å². The normalized spacial score (nSPS) is 10.6. The number of nitro benzene ring substituents is 1. The van der Waals surface area contributed by atoms with E-state index in [0.717, 1.165) is 5.56 Å². The molecule has 0 atom stereocenters. The maximum absolute atomic E-state index is 11.7. The molecule has 1 amide bonds. The van der Waals surface area contributed by atoms with Crippen LogP contribution >= 0.6 is 0 Å². The van der Waals surface area contributed by atoms with Gasteiger partial charge in [0.15, 0.2) is 11.2 Å². The van der Waals surface area contributed by atoms with Gasteiger partial charge in [-0.1, -0.05) is 12.1 Å². The highest BCUT2D eigenvalue weighted by Crippen LogP contribution is 2.23. The lowest BCUT2D eigenvalue weighted by atomic mass is 10.1. The molecular weight excluding hydrogens is 368 g/mol. The molecular formula is C17H16N6O5. The highest BCUT2D eigenvalue weighted by molar-refractivity contribution is 5.91. The van der Waals surface area contributed by atoms with Gasteiger partial charge in [-0.25, -0.2) is 4.98 Å². The molecule has 0 aliphatic heterocycles. The van der Waals surface area contributed by atoms with Gasteiger partial charge < -0.3 is 4.74 Å². The van der Waals surface area contributed by atoms with E-state index in [2.05, 4.69) is 20.3 Å². The summed E-state index contributed by atoms with van der Waals surface area (Å²) < 4.78 is 6.92. The van der Waals surface area contributed by atoms with Gasteiger partial charge in [-0.15, -0.1) is 0 Å². The van der Waals surface area contributed by atoms with Gasteiger partial charge in [-0.05, 0) is 5.56 Å². The van der Waals surface area contributed by atoms with E-state index in [4.69, 9.17) is 4.74 Å². The number of ether oxygens (including phenoxy) is 1. The van der Waals surface area contributed by atoms with Crippen LogP contribution in [-0.2, 0) is 11.2 Å². The van der Waals surface area contributed by atoms with E-state index < -0.39 is 4.92 Å². The number of hydrogen-bond donors (Lipinski definition) is 1. The molecule has 3 aromatic rings. The van der Waals surface area contributed by atoms with Crippen LogP contribution in [0.3, 0.4) is 0 Å². The summed E-state index contributed by atoms with van der Waals surface area (Å²) in [6.45, 7) is 2.87. The fraction of sp³-hybridized carbons (Fsp3) is 0.235. The number of benzene rings is 1. The number of rotatable bonds is 6. The van der Waals surface area contributed by atoms with Gasteiger partial charge in [0.2, 0.25) is 23.6 Å². The SMILES string of the molecule is CC(=O)Nc1nc(OCCc2ccc([N+](=O)[O-])cc2)c2ncn(C(C)=O)c2n1. The van der Waals surface area contributed by atoms with Crippen molar-refractivity contribution in [2.75, 3.05) is 11.9 Å². The summed E-state index contributed by atoms with van der Waals surface area (Å²) in [6.07, 6.45) is 1.77. The molecule has 0 spiro atoms. The lowest BCUT2D eigenvalue weighted by Crippen LogP contribution is -2.13. The number of anilines is 1. The summed E-state index contributed by atoms with van der Waals surface area (Å²) in [6, 6.07) is 6.12. The number of nitrogens with zero attached hydrogens (tertiary/aromatic N) is 5. The van der Waals surface area contributed by atoms with Crippen LogP contribution in [0.4, 0.5) is 11.6 Å². The molecule has 0 saturated heterocycles. The predicted octanol–water partition coefficient (Wildman–Crippen LogP) is 1.97. The van der Waals surface area contributed by atoms with Gasteiger partial charge in [0.25, 0.3) is 5.69 Å². The topological polar surface area (TPSA) is 142 Å². The molecule has 0 aliphatic rings. The molecule has 0 bridgehead atoms. The zero-order valence-electron chi connectivity index (χ0n) is 15.1. The van der Waals surface area contributed by atoms with Gasteiger partial charge in [-0.3, -0.25) is 29.6 Å². The number of non-ortho nitro benzene ring substituents is 1. The van der Waals surface area contributed by atoms with Crippen molar-refractivity contribution >= 4 is 34.6 Å². The number of amides is 1. The number of aromatic nitrogens is 4. The molecule has 1 aromatic carbocycles. The molecule has 144 valence electrons. The van der Waals surface area contributed by atoms with Crippen molar-refractivity contribution in [1.82, 2.24) is 19.5 Å². The van der Waals surface area contributed by atoms with E-state index >= 15 is 0 Å². The lowest BCUT2D eigenvalue weighted by molar-refractivity contribution is -0.384. The molecule has 11 nitrogen and oxygen atoms in total. The summed E-state index contributed by atoms with van der Waals surface area (Å²) in [7, 11) is 0. The van der Waals surface area contributed by atoms with Gasteiger partial charge >= 0.3 is 0 Å². The Morgan fingerprint density at radius 2 is 1.93 bits per heavy atom. The van der Waals surface area contributed by atoms with Gasteiger partial charge in [-0.2, -0.15) is 9.97 Å². The molecule has 0 radical (unpaired) electrons. The number of fused-ring (bicyclic) bond motifs is 1. The Morgan fingerprint density at radius 1 is 1.21 bits per heavy atom. The molecule has 0 unspecified atom stereocenters. The molecule has 0 saturated carbocycles. The summed E-state index contributed by atoms with van der Waals surface area (Å²) in [4.78, 5) is 45.7. The number of hydrogen-bond acceptors (Lipinski definition) is 8. The summed E-state index contributed by atoms with van der Waals surface area (Å²) in [5, 5.41) is 13.2. The number of carbonyl (C=O) groups excluding carboxylic acids is 2. The van der Waals surface area contributed by atoms with Crippen LogP contribution in [0.1, 0.15) is 24.2 Å². The molecule has 2 aromatic heterocycles. The number of nitro groups is 1. The maximum Gasteiger partial charge on any atom is 0.269 e. The van der Waals surface area contributed by atoms with Crippen molar-refractivity contribution in [3.05, 3.63) is 46.3 Å². The Bertz CT molecular complexity index is 1060. The number of imidazole rings is 1. The summed E-state index contributed by atoms with van der Waals surface area (Å²) in [5.41, 5.74) is 1.36. The fourth-order valence-corrected chi connectivity index (χ4v) is 2.47. The minimum Gasteiger partial charge on any atom is -0.476 e. The third kappa shape index (κ3) is 4.09. The van der Waals surface area contributed by atoms with Crippen molar-refractivity contribution in [2.24, 2.45) is 0 Å². The first-order valence-electron chi connectivity index (χ1n) is 8.25. The Kier molecular flexibility index (Phi) is 5.25. The van der Waals surface area contributed by atoms with E-state index in [1.165, 1.54) is 36.9 Å². The fourth-order valence-electron chi connectivity index (χ4n) is 2.47. The third-order valence-electron chi connectivity index (χ3n) is 3.77. The van der Waals surface area contributed by atoms with Crippen LogP contribution in [0.2, 0.25) is 0 Å². The van der Waals surface area contributed by atoms with Gasteiger partial charge in [0.1, 0.15) is 6.33 Å². The molecule has 1 N–H and O–H groups in total. The first-order chi connectivity index (χ1) is 13.3. The third-order valence-corrected chi connectivity index (χ3v) is 3.77. The summed E-state index contributed by atoms with van der Waals surface area (Å²) >= 11 is 0. The van der Waals surface area contributed by atoms with Crippen LogP contribution in [0.5, 0.6) is 5.88 Å². The molecule has 11 heteroatoms. The van der Waals surface area contributed by atoms with E-state index in [9.17, 15) is 19.7 Å². The van der Waals surface area contributed by atoms with Crippen molar-refractivity contribution in [3.8, 4) is 5.88 Å². The first-order valence-corrected chi connectivity index (χ1v) is 8.25. The van der Waals surface area contributed by atoms with Crippen molar-refractivity contribution < 1.29 is 19.2 Å². The average molecular weight is 384 g/mol. The van der Waals surface area contributed by atoms with Crippen LogP contribution < -0.4 is 10.1 Å². The second kappa shape index (κ2) is 7.78. The average Bonchev–Trinajstić information content (AvgIpc) is 3.06. The van der Waals surface area contributed by atoms with Gasteiger partial charge in [0.05, 0.1) is 11.5 Å². The first kappa shape index (κ1) is 18.9. The Balaban J connectivity index is 1.81. The van der Waals surface area contributed by atoms with Crippen LogP contribution in [0, 0.1) is 10.1 Å². The van der Waals surface area contributed by atoms with Gasteiger partial charge in [0, 0.05) is 32.4 Å². The van der Waals surface area contributed by atoms with E-state index in [-0.39, 0.29) is 47.1 Å². The second-order valence-electron chi connectivity index (χ2n) is 5.86. The molecule has 3 rings (SSSR count). The van der Waals surface area contributed by atoms with Crippen LogP contribution in [0.25, 0.3) is 11.2 Å². The lowest BCUT2D eigenvalue weighted by Gasteiger charge is -2.08. The minimum absolute atomic E-state index is 0.00617. The smallest absolute Gasteiger partial charge is 0.269 e. The molecule has 0 aliphatic carbocycles. The Hall–Kier alpha value is -3.89. The Labute approximate surface area is 158 Å². The van der Waals surface area contributed by atoms with Crippen LogP contribution in [0.15, 0.2) is 30.6 Å². The van der Waals surface area contributed by atoms with Crippen molar-refractivity contribution in [2.45, 2.75) is 20.3 Å². The predicted molar refractivity (Wildman–Crippen MR) is 98.2 cm³/mol. The van der Waals surface area contributed by atoms with Crippen molar-refractivity contribution in [3.63, 3.8) is 0 Å².